The monoisotopic (exact) mass is 690 g/mol. The Labute approximate surface area is 313 Å². The number of rotatable bonds is 6. The maximum atomic E-state index is 5.20. The fourth-order valence-corrected chi connectivity index (χ4v) is 7.78. The highest BCUT2D eigenvalue weighted by Crippen LogP contribution is 2.39. The molecule has 0 radical (unpaired) electrons. The zero-order valence-corrected chi connectivity index (χ0v) is 29.5. The van der Waals surface area contributed by atoms with E-state index in [4.69, 9.17) is 15.0 Å². The lowest BCUT2D eigenvalue weighted by atomic mass is 9.90. The van der Waals surface area contributed by atoms with E-state index in [0.29, 0.717) is 11.6 Å². The first-order valence-corrected chi connectivity index (χ1v) is 18.4. The van der Waals surface area contributed by atoms with Crippen LogP contribution in [0.15, 0.2) is 188 Å². The second kappa shape index (κ2) is 13.5. The van der Waals surface area contributed by atoms with E-state index >= 15 is 0 Å². The van der Waals surface area contributed by atoms with Crippen LogP contribution in [0.1, 0.15) is 18.2 Å². The summed E-state index contributed by atoms with van der Waals surface area (Å²) in [6.07, 6.45) is 13.1. The lowest BCUT2D eigenvalue weighted by Gasteiger charge is -2.16. The summed E-state index contributed by atoms with van der Waals surface area (Å²) in [5.41, 5.74) is 8.60. The van der Waals surface area contributed by atoms with Gasteiger partial charge in [-0.15, -0.1) is 0 Å². The van der Waals surface area contributed by atoms with Crippen molar-refractivity contribution >= 4 is 32.3 Å². The van der Waals surface area contributed by atoms with Gasteiger partial charge in [-0.3, -0.25) is 4.98 Å². The van der Waals surface area contributed by atoms with Crippen molar-refractivity contribution < 1.29 is 0 Å². The van der Waals surface area contributed by atoms with Gasteiger partial charge in [0.1, 0.15) is 5.82 Å². The van der Waals surface area contributed by atoms with Gasteiger partial charge in [-0.2, -0.15) is 0 Å². The molecule has 1 atom stereocenters. The smallest absolute Gasteiger partial charge is 0.163 e. The Balaban J connectivity index is 1.20. The summed E-state index contributed by atoms with van der Waals surface area (Å²) in [7, 11) is 0. The molecule has 7 aromatic carbocycles. The Bertz CT molecular complexity index is 2880. The lowest BCUT2D eigenvalue weighted by molar-refractivity contribution is 0.764. The second-order valence-electron chi connectivity index (χ2n) is 13.8. The number of hydrogen-bond acceptors (Lipinski definition) is 4. The van der Waals surface area contributed by atoms with Crippen LogP contribution >= 0.6 is 0 Å². The van der Waals surface area contributed by atoms with Crippen LogP contribution in [-0.4, -0.2) is 19.9 Å². The molecule has 0 aliphatic heterocycles. The van der Waals surface area contributed by atoms with Crippen LogP contribution in [0.5, 0.6) is 0 Å². The molecule has 0 spiro atoms. The lowest BCUT2D eigenvalue weighted by Crippen LogP contribution is -2.08. The van der Waals surface area contributed by atoms with Crippen molar-refractivity contribution in [2.45, 2.75) is 12.3 Å². The Kier molecular flexibility index (Phi) is 7.92. The van der Waals surface area contributed by atoms with Crippen LogP contribution in [0, 0.1) is 0 Å². The van der Waals surface area contributed by atoms with Crippen LogP contribution in [-0.2, 0) is 0 Å². The quantitative estimate of drug-likeness (QED) is 0.163. The molecule has 254 valence electrons. The van der Waals surface area contributed by atoms with Crippen molar-refractivity contribution in [1.29, 1.82) is 0 Å². The molecule has 1 unspecified atom stereocenters. The molecular formula is C50H34N4. The largest absolute Gasteiger partial charge is 0.265 e. The molecule has 1 aliphatic rings. The Morgan fingerprint density at radius 2 is 0.907 bits per heavy atom. The first-order valence-electron chi connectivity index (χ1n) is 18.4. The molecule has 4 heteroatoms. The highest BCUT2D eigenvalue weighted by molar-refractivity contribution is 6.25. The molecule has 10 rings (SSSR count). The normalized spacial score (nSPS) is 13.9. The van der Waals surface area contributed by atoms with Crippen molar-refractivity contribution in [2.24, 2.45) is 0 Å². The standard InChI is InChI=1S/C50H34N4/c1-3-12-34(13-4-1)48-52-49(35-14-5-2-6-15-35)54-50(53-48)41-30-39(37-17-11-16-36(28-37)33-24-26-51-27-25-33)29-40(31-41)38-22-23-46-44-20-8-7-18-42(44)43-19-9-10-21-45(43)47(46)32-38/h1-14,16-32,35H,15H2. The van der Waals surface area contributed by atoms with Crippen LogP contribution in [0.3, 0.4) is 0 Å². The van der Waals surface area contributed by atoms with Gasteiger partial charge in [0.25, 0.3) is 0 Å². The van der Waals surface area contributed by atoms with Crippen LogP contribution in [0.4, 0.5) is 0 Å². The van der Waals surface area contributed by atoms with Crippen molar-refractivity contribution in [3.63, 3.8) is 0 Å². The SMILES string of the molecule is C1=CCC(c2nc(-c3ccccc3)nc(-c3cc(-c4cccc(-c5ccncc5)c4)cc(-c4ccc5c6ccccc6c6ccccc6c5c4)c3)n2)C=C1. The van der Waals surface area contributed by atoms with Crippen molar-refractivity contribution in [2.75, 3.05) is 0 Å². The van der Waals surface area contributed by atoms with Crippen LogP contribution in [0.25, 0.3) is 88.5 Å². The molecule has 2 aromatic heterocycles. The minimum Gasteiger partial charge on any atom is -0.265 e. The zero-order valence-electron chi connectivity index (χ0n) is 29.5. The molecule has 1 aliphatic carbocycles. The topological polar surface area (TPSA) is 51.6 Å². The summed E-state index contributed by atoms with van der Waals surface area (Å²) < 4.78 is 0. The number of benzene rings is 7. The molecule has 0 saturated heterocycles. The van der Waals surface area contributed by atoms with Gasteiger partial charge >= 0.3 is 0 Å². The molecule has 2 heterocycles. The van der Waals surface area contributed by atoms with Gasteiger partial charge in [0, 0.05) is 29.4 Å². The summed E-state index contributed by atoms with van der Waals surface area (Å²) in [6, 6.07) is 54.2. The summed E-state index contributed by atoms with van der Waals surface area (Å²) in [6.45, 7) is 0. The predicted octanol–water partition coefficient (Wildman–Crippen LogP) is 12.7. The molecule has 0 N–H and O–H groups in total. The van der Waals surface area contributed by atoms with Gasteiger partial charge in [-0.25, -0.2) is 15.0 Å². The number of pyridine rings is 1. The van der Waals surface area contributed by atoms with E-state index in [0.717, 1.165) is 56.8 Å². The maximum absolute atomic E-state index is 5.20. The number of fused-ring (bicyclic) bond motifs is 6. The van der Waals surface area contributed by atoms with Gasteiger partial charge in [-0.05, 0) is 115 Å². The number of nitrogens with zero attached hydrogens (tertiary/aromatic N) is 4. The Hall–Kier alpha value is -7.04. The third kappa shape index (κ3) is 5.84. The minimum atomic E-state index is 0.0718. The number of aromatic nitrogens is 4. The summed E-state index contributed by atoms with van der Waals surface area (Å²) in [4.78, 5) is 19.6. The average Bonchev–Trinajstić information content (AvgIpc) is 3.27. The summed E-state index contributed by atoms with van der Waals surface area (Å²) >= 11 is 0. The minimum absolute atomic E-state index is 0.0718. The van der Waals surface area contributed by atoms with Gasteiger partial charge in [0.05, 0.1) is 0 Å². The fraction of sp³-hybridized carbons (Fsp3) is 0.0400. The third-order valence-corrected chi connectivity index (χ3v) is 10.5. The van der Waals surface area contributed by atoms with E-state index < -0.39 is 0 Å². The molecule has 0 fully saturated rings. The summed E-state index contributed by atoms with van der Waals surface area (Å²) in [5.74, 6) is 2.18. The highest BCUT2D eigenvalue weighted by atomic mass is 15.0. The van der Waals surface area contributed by atoms with E-state index in [-0.39, 0.29) is 5.92 Å². The van der Waals surface area contributed by atoms with Crippen molar-refractivity contribution in [1.82, 2.24) is 19.9 Å². The van der Waals surface area contributed by atoms with E-state index in [9.17, 15) is 0 Å². The Morgan fingerprint density at radius 1 is 0.370 bits per heavy atom. The molecule has 0 saturated carbocycles. The van der Waals surface area contributed by atoms with Gasteiger partial charge < -0.3 is 0 Å². The van der Waals surface area contributed by atoms with Crippen LogP contribution < -0.4 is 0 Å². The molecule has 0 bridgehead atoms. The van der Waals surface area contributed by atoms with E-state index in [1.165, 1.54) is 32.3 Å². The van der Waals surface area contributed by atoms with Gasteiger partial charge in [0.15, 0.2) is 11.6 Å². The maximum Gasteiger partial charge on any atom is 0.163 e. The average molecular weight is 691 g/mol. The molecule has 4 nitrogen and oxygen atoms in total. The molecular weight excluding hydrogens is 657 g/mol. The van der Waals surface area contributed by atoms with Crippen molar-refractivity contribution in [3.8, 4) is 56.2 Å². The third-order valence-electron chi connectivity index (χ3n) is 10.5. The predicted molar refractivity (Wildman–Crippen MR) is 223 cm³/mol. The number of allylic oxidation sites excluding steroid dienone is 4. The number of hydrogen-bond donors (Lipinski definition) is 0. The van der Waals surface area contributed by atoms with Crippen LogP contribution in [0.2, 0.25) is 0 Å². The Morgan fingerprint density at radius 3 is 1.57 bits per heavy atom. The molecule has 0 amide bonds. The fourth-order valence-electron chi connectivity index (χ4n) is 7.78. The zero-order chi connectivity index (χ0) is 35.8. The van der Waals surface area contributed by atoms with E-state index in [1.807, 2.05) is 30.6 Å². The second-order valence-corrected chi connectivity index (χ2v) is 13.8. The molecule has 54 heavy (non-hydrogen) atoms. The first kappa shape index (κ1) is 31.7. The summed E-state index contributed by atoms with van der Waals surface area (Å²) in [5, 5.41) is 7.53. The highest BCUT2D eigenvalue weighted by Gasteiger charge is 2.19. The van der Waals surface area contributed by atoms with Gasteiger partial charge in [0.2, 0.25) is 0 Å². The van der Waals surface area contributed by atoms with E-state index in [1.54, 1.807) is 0 Å². The van der Waals surface area contributed by atoms with E-state index in [2.05, 4.69) is 163 Å². The van der Waals surface area contributed by atoms with Gasteiger partial charge in [-0.1, -0.05) is 133 Å². The van der Waals surface area contributed by atoms with Crippen molar-refractivity contribution in [3.05, 3.63) is 194 Å². The molecule has 9 aromatic rings. The first-order chi connectivity index (χ1) is 26.7.